The van der Waals surface area contributed by atoms with Crippen LogP contribution in [0.4, 0.5) is 4.79 Å². The summed E-state index contributed by atoms with van der Waals surface area (Å²) in [5.41, 5.74) is -0.895. The molecule has 0 radical (unpaired) electrons. The van der Waals surface area contributed by atoms with E-state index in [1.54, 1.807) is 13.8 Å². The molecule has 1 aliphatic heterocycles. The molecule has 1 fully saturated rings. The third-order valence-electron chi connectivity index (χ3n) is 3.26. The third kappa shape index (κ3) is 2.91. The summed E-state index contributed by atoms with van der Waals surface area (Å²) in [4.78, 5) is 35.6. The van der Waals surface area contributed by atoms with Crippen molar-refractivity contribution >= 4 is 17.9 Å². The highest BCUT2D eigenvalue weighted by Crippen LogP contribution is 2.29. The predicted octanol–water partition coefficient (Wildman–Crippen LogP) is -0.373. The van der Waals surface area contributed by atoms with E-state index in [0.717, 1.165) is 0 Å². The number of urea groups is 1. The van der Waals surface area contributed by atoms with Gasteiger partial charge in [0, 0.05) is 20.1 Å². The van der Waals surface area contributed by atoms with Gasteiger partial charge in [-0.1, -0.05) is 0 Å². The lowest BCUT2D eigenvalue weighted by molar-refractivity contribution is -0.147. The van der Waals surface area contributed by atoms with Gasteiger partial charge >= 0.3 is 12.0 Å². The van der Waals surface area contributed by atoms with Gasteiger partial charge in [-0.05, 0) is 20.3 Å². The molecule has 1 aliphatic rings. The second-order valence-electron chi connectivity index (χ2n) is 4.82. The van der Waals surface area contributed by atoms with E-state index in [4.69, 9.17) is 5.11 Å². The molecule has 2 atom stereocenters. The number of hydrogen-bond acceptors (Lipinski definition) is 3. The molecule has 0 aromatic rings. The number of amides is 3. The molecular weight excluding hydrogens is 238 g/mol. The van der Waals surface area contributed by atoms with Crippen molar-refractivity contribution in [1.29, 1.82) is 0 Å². The van der Waals surface area contributed by atoms with Crippen LogP contribution in [0.1, 0.15) is 20.3 Å². The van der Waals surface area contributed by atoms with Crippen LogP contribution >= 0.6 is 0 Å². The van der Waals surface area contributed by atoms with Gasteiger partial charge in [0.05, 0.1) is 5.41 Å². The normalized spacial score (nSPS) is 24.5. The van der Waals surface area contributed by atoms with Crippen LogP contribution in [0.15, 0.2) is 0 Å². The van der Waals surface area contributed by atoms with E-state index in [1.165, 1.54) is 11.9 Å². The summed E-state index contributed by atoms with van der Waals surface area (Å²) in [6.07, 6.45) is 0.421. The largest absolute Gasteiger partial charge is 0.481 e. The van der Waals surface area contributed by atoms with Crippen LogP contribution in [0.25, 0.3) is 0 Å². The first-order valence-corrected chi connectivity index (χ1v) is 5.80. The fourth-order valence-corrected chi connectivity index (χ4v) is 1.87. The van der Waals surface area contributed by atoms with Crippen LogP contribution in [0.2, 0.25) is 0 Å². The van der Waals surface area contributed by atoms with Gasteiger partial charge in [-0.15, -0.1) is 0 Å². The first kappa shape index (κ1) is 14.3. The lowest BCUT2D eigenvalue weighted by atomic mass is 9.90. The molecule has 2 unspecified atom stereocenters. The zero-order valence-electron chi connectivity index (χ0n) is 10.8. The molecule has 0 aromatic heterocycles. The van der Waals surface area contributed by atoms with Crippen LogP contribution in [0.5, 0.6) is 0 Å². The fourth-order valence-electron chi connectivity index (χ4n) is 1.87. The molecule has 1 rings (SSSR count). The van der Waals surface area contributed by atoms with Gasteiger partial charge in [-0.3, -0.25) is 9.59 Å². The lowest BCUT2D eigenvalue weighted by Gasteiger charge is -2.22. The van der Waals surface area contributed by atoms with Crippen LogP contribution < -0.4 is 10.6 Å². The van der Waals surface area contributed by atoms with E-state index in [2.05, 4.69) is 10.6 Å². The second-order valence-corrected chi connectivity index (χ2v) is 4.82. The summed E-state index contributed by atoms with van der Waals surface area (Å²) < 4.78 is 0. The quantitative estimate of drug-likeness (QED) is 0.642. The Balaban J connectivity index is 2.55. The van der Waals surface area contributed by atoms with Gasteiger partial charge in [0.2, 0.25) is 5.91 Å². The summed E-state index contributed by atoms with van der Waals surface area (Å²) in [7, 11) is 1.49. The summed E-state index contributed by atoms with van der Waals surface area (Å²) in [5.74, 6) is -1.19. The van der Waals surface area contributed by atoms with E-state index >= 15 is 0 Å². The maximum absolute atomic E-state index is 11.8. The molecule has 0 aromatic carbocycles. The minimum atomic E-state index is -0.905. The highest BCUT2D eigenvalue weighted by Gasteiger charge is 2.42. The van der Waals surface area contributed by atoms with Crippen molar-refractivity contribution in [3.8, 4) is 0 Å². The maximum Gasteiger partial charge on any atom is 0.318 e. The minimum Gasteiger partial charge on any atom is -0.481 e. The van der Waals surface area contributed by atoms with Gasteiger partial charge in [0.1, 0.15) is 6.04 Å². The minimum absolute atomic E-state index is 0.161. The van der Waals surface area contributed by atoms with Crippen molar-refractivity contribution in [2.45, 2.75) is 26.3 Å². The Hall–Kier alpha value is -1.79. The van der Waals surface area contributed by atoms with E-state index in [-0.39, 0.29) is 12.5 Å². The summed E-state index contributed by atoms with van der Waals surface area (Å²) >= 11 is 0. The Morgan fingerprint density at radius 2 is 2.00 bits per heavy atom. The van der Waals surface area contributed by atoms with Crippen molar-refractivity contribution in [2.24, 2.45) is 5.41 Å². The standard InChI is InChI=1S/C11H19N3O4/c1-7(8(15)12-3)13-10(18)14-5-4-11(2,6-14)9(16)17/h7H,4-6H2,1-3H3,(H,12,15)(H,13,18)(H,16,17). The highest BCUT2D eigenvalue weighted by atomic mass is 16.4. The highest BCUT2D eigenvalue weighted by molar-refractivity contribution is 5.87. The molecule has 102 valence electrons. The molecule has 1 saturated heterocycles. The molecule has 0 bridgehead atoms. The molecule has 0 saturated carbocycles. The molecule has 7 heteroatoms. The molecule has 0 spiro atoms. The van der Waals surface area contributed by atoms with Crippen LogP contribution in [0, 0.1) is 5.41 Å². The van der Waals surface area contributed by atoms with E-state index in [9.17, 15) is 14.4 Å². The number of nitrogens with one attached hydrogen (secondary N) is 2. The first-order valence-electron chi connectivity index (χ1n) is 5.80. The Labute approximate surface area is 106 Å². The number of hydrogen-bond donors (Lipinski definition) is 3. The molecule has 0 aliphatic carbocycles. The summed E-state index contributed by atoms with van der Waals surface area (Å²) in [5, 5.41) is 14.0. The van der Waals surface area contributed by atoms with E-state index in [1.807, 2.05) is 0 Å². The van der Waals surface area contributed by atoms with Gasteiger partial charge < -0.3 is 20.6 Å². The second kappa shape index (κ2) is 5.24. The third-order valence-corrected chi connectivity index (χ3v) is 3.26. The Kier molecular flexibility index (Phi) is 4.15. The zero-order chi connectivity index (χ0) is 13.9. The van der Waals surface area contributed by atoms with Crippen LogP contribution in [-0.4, -0.2) is 54.1 Å². The number of rotatable bonds is 3. The Bertz CT molecular complexity index is 371. The number of likely N-dealkylation sites (tertiary alicyclic amines) is 1. The molecule has 1 heterocycles. The van der Waals surface area contributed by atoms with Crippen molar-refractivity contribution in [1.82, 2.24) is 15.5 Å². The Morgan fingerprint density at radius 1 is 1.39 bits per heavy atom. The fraction of sp³-hybridized carbons (Fsp3) is 0.727. The summed E-state index contributed by atoms with van der Waals surface area (Å²) in [6, 6.07) is -1.05. The van der Waals surface area contributed by atoms with Gasteiger partial charge in [0.25, 0.3) is 0 Å². The molecule has 18 heavy (non-hydrogen) atoms. The number of carboxylic acids is 1. The van der Waals surface area contributed by atoms with Gasteiger partial charge in [0.15, 0.2) is 0 Å². The first-order chi connectivity index (χ1) is 8.30. The molecular formula is C11H19N3O4. The van der Waals surface area contributed by atoms with Crippen molar-refractivity contribution in [3.63, 3.8) is 0 Å². The smallest absolute Gasteiger partial charge is 0.318 e. The molecule has 3 amide bonds. The van der Waals surface area contributed by atoms with E-state index < -0.39 is 23.5 Å². The van der Waals surface area contributed by atoms with Gasteiger partial charge in [-0.25, -0.2) is 4.79 Å². The van der Waals surface area contributed by atoms with E-state index in [0.29, 0.717) is 13.0 Å². The number of aliphatic carboxylic acids is 1. The van der Waals surface area contributed by atoms with Crippen molar-refractivity contribution in [2.75, 3.05) is 20.1 Å². The van der Waals surface area contributed by atoms with Crippen LogP contribution in [-0.2, 0) is 9.59 Å². The van der Waals surface area contributed by atoms with Gasteiger partial charge in [-0.2, -0.15) is 0 Å². The number of carbonyl (C=O) groups excluding carboxylic acids is 2. The average Bonchev–Trinajstić information content (AvgIpc) is 2.72. The molecule has 7 nitrogen and oxygen atoms in total. The predicted molar refractivity (Wildman–Crippen MR) is 64.0 cm³/mol. The van der Waals surface area contributed by atoms with Crippen LogP contribution in [0.3, 0.4) is 0 Å². The number of carboxylic acid groups (broad SMARTS) is 1. The number of nitrogens with zero attached hydrogens (tertiary/aromatic N) is 1. The Morgan fingerprint density at radius 3 is 2.44 bits per heavy atom. The molecule has 3 N–H and O–H groups in total. The van der Waals surface area contributed by atoms with Crippen molar-refractivity contribution < 1.29 is 19.5 Å². The topological polar surface area (TPSA) is 98.7 Å². The number of carbonyl (C=O) groups is 3. The monoisotopic (exact) mass is 257 g/mol. The summed E-state index contributed by atoms with van der Waals surface area (Å²) in [6.45, 7) is 3.73. The number of likely N-dealkylation sites (N-methyl/N-ethyl adjacent to an activating group) is 1. The lowest BCUT2D eigenvalue weighted by Crippen LogP contribution is -2.49. The zero-order valence-corrected chi connectivity index (χ0v) is 10.8. The van der Waals surface area contributed by atoms with Crippen molar-refractivity contribution in [3.05, 3.63) is 0 Å². The maximum atomic E-state index is 11.8. The SMILES string of the molecule is CNC(=O)C(C)NC(=O)N1CCC(C)(C(=O)O)C1. The average molecular weight is 257 g/mol.